The summed E-state index contributed by atoms with van der Waals surface area (Å²) in [6.07, 6.45) is 3.39. The van der Waals surface area contributed by atoms with Crippen molar-refractivity contribution in [3.8, 4) is 5.75 Å². The van der Waals surface area contributed by atoms with E-state index in [1.165, 1.54) is 0 Å². The zero-order valence-electron chi connectivity index (χ0n) is 14.5. The molecular weight excluding hydrogens is 302 g/mol. The van der Waals surface area contributed by atoms with Crippen LogP contribution in [-0.4, -0.2) is 23.2 Å². The molecule has 0 aliphatic heterocycles. The van der Waals surface area contributed by atoms with E-state index in [0.717, 1.165) is 22.4 Å². The summed E-state index contributed by atoms with van der Waals surface area (Å²) in [6.45, 7) is 7.93. The maximum atomic E-state index is 12.0. The Bertz CT molecular complexity index is 725. The van der Waals surface area contributed by atoms with Crippen LogP contribution in [0.5, 0.6) is 5.75 Å². The minimum Gasteiger partial charge on any atom is -0.483 e. The van der Waals surface area contributed by atoms with Crippen molar-refractivity contribution >= 4 is 11.6 Å². The van der Waals surface area contributed by atoms with Crippen molar-refractivity contribution in [1.82, 2.24) is 10.4 Å². The van der Waals surface area contributed by atoms with Crippen LogP contribution in [0.25, 0.3) is 0 Å². The number of rotatable bonds is 6. The topological polar surface area (TPSA) is 63.6 Å². The van der Waals surface area contributed by atoms with Gasteiger partial charge in [-0.15, -0.1) is 0 Å². The van der Waals surface area contributed by atoms with Crippen molar-refractivity contribution in [3.63, 3.8) is 0 Å². The molecule has 0 aliphatic carbocycles. The lowest BCUT2D eigenvalue weighted by Crippen LogP contribution is -2.26. The van der Waals surface area contributed by atoms with Gasteiger partial charge in [-0.1, -0.05) is 32.0 Å². The number of aromatic nitrogens is 1. The van der Waals surface area contributed by atoms with Gasteiger partial charge in [0.05, 0.1) is 5.71 Å². The van der Waals surface area contributed by atoms with Crippen LogP contribution in [-0.2, 0) is 4.79 Å². The number of benzene rings is 1. The van der Waals surface area contributed by atoms with Gasteiger partial charge in [0.1, 0.15) is 5.75 Å². The summed E-state index contributed by atoms with van der Waals surface area (Å²) in [5.74, 6) is 0.775. The fourth-order valence-electron chi connectivity index (χ4n) is 2.21. The number of nitrogens with one attached hydrogen (secondary N) is 1. The number of nitrogens with zero attached hydrogens (tertiary/aromatic N) is 2. The van der Waals surface area contributed by atoms with Crippen LogP contribution >= 0.6 is 0 Å². The Hall–Kier alpha value is -2.69. The molecule has 0 spiro atoms. The number of hydrogen-bond donors (Lipinski definition) is 1. The second-order valence-electron chi connectivity index (χ2n) is 5.96. The van der Waals surface area contributed by atoms with Gasteiger partial charge in [-0.05, 0) is 43.0 Å². The largest absolute Gasteiger partial charge is 0.483 e. The van der Waals surface area contributed by atoms with Crippen molar-refractivity contribution < 1.29 is 9.53 Å². The van der Waals surface area contributed by atoms with Crippen LogP contribution in [0.15, 0.2) is 47.8 Å². The Morgan fingerprint density at radius 3 is 2.79 bits per heavy atom. The van der Waals surface area contributed by atoms with Crippen LogP contribution in [0.2, 0.25) is 0 Å². The van der Waals surface area contributed by atoms with Gasteiger partial charge in [-0.3, -0.25) is 9.78 Å². The smallest absolute Gasteiger partial charge is 0.277 e. The van der Waals surface area contributed by atoms with Gasteiger partial charge in [0.25, 0.3) is 5.91 Å². The molecule has 0 saturated heterocycles. The third kappa shape index (κ3) is 4.91. The molecule has 2 aromatic rings. The molecule has 1 heterocycles. The van der Waals surface area contributed by atoms with E-state index in [2.05, 4.69) is 29.4 Å². The van der Waals surface area contributed by atoms with E-state index in [9.17, 15) is 4.79 Å². The Morgan fingerprint density at radius 2 is 2.12 bits per heavy atom. The average molecular weight is 325 g/mol. The highest BCUT2D eigenvalue weighted by Gasteiger charge is 2.10. The molecular formula is C19H23N3O2. The van der Waals surface area contributed by atoms with Gasteiger partial charge in [0, 0.05) is 18.0 Å². The monoisotopic (exact) mass is 325 g/mol. The summed E-state index contributed by atoms with van der Waals surface area (Å²) in [4.78, 5) is 16.0. The number of carbonyl (C=O) groups excluding carboxylic acids is 1. The Kier molecular flexibility index (Phi) is 6.07. The second-order valence-corrected chi connectivity index (χ2v) is 5.96. The van der Waals surface area contributed by atoms with E-state index in [4.69, 9.17) is 4.74 Å². The van der Waals surface area contributed by atoms with Gasteiger partial charge >= 0.3 is 0 Å². The molecule has 0 atom stereocenters. The van der Waals surface area contributed by atoms with E-state index >= 15 is 0 Å². The minimum atomic E-state index is -0.297. The highest BCUT2D eigenvalue weighted by atomic mass is 16.5. The number of ether oxygens (including phenoxy) is 1. The highest BCUT2D eigenvalue weighted by Crippen LogP contribution is 2.27. The van der Waals surface area contributed by atoms with Crippen LogP contribution in [0, 0.1) is 6.92 Å². The summed E-state index contributed by atoms with van der Waals surface area (Å²) < 4.78 is 5.69. The predicted octanol–water partition coefficient (Wildman–Crippen LogP) is 3.43. The zero-order chi connectivity index (χ0) is 17.5. The molecule has 2 rings (SSSR count). The lowest BCUT2D eigenvalue weighted by atomic mass is 10.0. The SMILES string of the molecule is C/C(=N\NC(=O)COc1cc(C)ccc1C(C)C)c1cccnc1. The molecule has 126 valence electrons. The van der Waals surface area contributed by atoms with Crippen LogP contribution in [0.4, 0.5) is 0 Å². The van der Waals surface area contributed by atoms with Crippen molar-refractivity contribution in [2.45, 2.75) is 33.6 Å². The normalized spacial score (nSPS) is 11.5. The van der Waals surface area contributed by atoms with E-state index in [-0.39, 0.29) is 12.5 Å². The molecule has 0 bridgehead atoms. The first kappa shape index (κ1) is 17.7. The van der Waals surface area contributed by atoms with Crippen molar-refractivity contribution in [2.24, 2.45) is 5.10 Å². The molecule has 5 heteroatoms. The number of pyridine rings is 1. The first-order valence-corrected chi connectivity index (χ1v) is 7.94. The molecule has 1 aromatic heterocycles. The third-order valence-electron chi connectivity index (χ3n) is 3.58. The standard InChI is InChI=1S/C19H23N3O2/c1-13(2)17-8-7-14(3)10-18(17)24-12-19(23)22-21-15(4)16-6-5-9-20-11-16/h5-11,13H,12H2,1-4H3,(H,22,23)/b21-15+. The molecule has 1 N–H and O–H groups in total. The van der Waals surface area contributed by atoms with Gasteiger partial charge in [-0.2, -0.15) is 5.10 Å². The Labute approximate surface area is 142 Å². The molecule has 0 radical (unpaired) electrons. The summed E-state index contributed by atoms with van der Waals surface area (Å²) in [5, 5.41) is 4.08. The number of hydrogen-bond acceptors (Lipinski definition) is 4. The van der Waals surface area contributed by atoms with E-state index in [1.807, 2.05) is 44.2 Å². The Morgan fingerprint density at radius 1 is 1.33 bits per heavy atom. The quantitative estimate of drug-likeness (QED) is 0.654. The predicted molar refractivity (Wildman–Crippen MR) is 95.4 cm³/mol. The second kappa shape index (κ2) is 8.24. The maximum absolute atomic E-state index is 12.0. The van der Waals surface area contributed by atoms with Gasteiger partial charge in [0.2, 0.25) is 0 Å². The third-order valence-corrected chi connectivity index (χ3v) is 3.58. The molecule has 5 nitrogen and oxygen atoms in total. The number of aryl methyl sites for hydroxylation is 1. The number of carbonyl (C=O) groups is 1. The van der Waals surface area contributed by atoms with Crippen molar-refractivity contribution in [1.29, 1.82) is 0 Å². The Balaban J connectivity index is 1.95. The van der Waals surface area contributed by atoms with Crippen LogP contribution in [0.1, 0.15) is 43.4 Å². The van der Waals surface area contributed by atoms with E-state index in [1.54, 1.807) is 12.4 Å². The summed E-state index contributed by atoms with van der Waals surface area (Å²) in [6, 6.07) is 9.75. The van der Waals surface area contributed by atoms with Crippen molar-refractivity contribution in [3.05, 3.63) is 59.4 Å². The minimum absolute atomic E-state index is 0.0764. The summed E-state index contributed by atoms with van der Waals surface area (Å²) in [7, 11) is 0. The highest BCUT2D eigenvalue weighted by molar-refractivity contribution is 5.98. The zero-order valence-corrected chi connectivity index (χ0v) is 14.5. The van der Waals surface area contributed by atoms with E-state index < -0.39 is 0 Å². The van der Waals surface area contributed by atoms with Gasteiger partial charge in [-0.25, -0.2) is 5.43 Å². The number of amides is 1. The van der Waals surface area contributed by atoms with Gasteiger partial charge < -0.3 is 4.74 Å². The fraction of sp³-hybridized carbons (Fsp3) is 0.316. The molecule has 1 amide bonds. The summed E-state index contributed by atoms with van der Waals surface area (Å²) >= 11 is 0. The number of hydrazone groups is 1. The molecule has 24 heavy (non-hydrogen) atoms. The molecule has 1 aromatic carbocycles. The fourth-order valence-corrected chi connectivity index (χ4v) is 2.21. The molecule has 0 saturated carbocycles. The van der Waals surface area contributed by atoms with E-state index in [0.29, 0.717) is 11.6 Å². The first-order valence-electron chi connectivity index (χ1n) is 7.94. The molecule has 0 fully saturated rings. The van der Waals surface area contributed by atoms with Crippen LogP contribution in [0.3, 0.4) is 0 Å². The van der Waals surface area contributed by atoms with Crippen LogP contribution < -0.4 is 10.2 Å². The van der Waals surface area contributed by atoms with Gasteiger partial charge in [0.15, 0.2) is 6.61 Å². The average Bonchev–Trinajstić information content (AvgIpc) is 2.58. The van der Waals surface area contributed by atoms with Crippen molar-refractivity contribution in [2.75, 3.05) is 6.61 Å². The molecule has 0 unspecified atom stereocenters. The summed E-state index contributed by atoms with van der Waals surface area (Å²) in [5.41, 5.74) is 6.25. The lowest BCUT2D eigenvalue weighted by Gasteiger charge is -2.14. The maximum Gasteiger partial charge on any atom is 0.277 e. The first-order chi connectivity index (χ1) is 11.5. The lowest BCUT2D eigenvalue weighted by molar-refractivity contribution is -0.123. The molecule has 0 aliphatic rings.